The van der Waals surface area contributed by atoms with Crippen LogP contribution >= 0.6 is 0 Å². The Hall–Kier alpha value is -3.68. The number of hydrogen-bond acceptors (Lipinski definition) is 8. The van der Waals surface area contributed by atoms with Gasteiger partial charge in [-0.15, -0.1) is 0 Å². The number of carbonyl (C=O) groups excluding carboxylic acids is 3. The number of nitrogens with one attached hydrogen (secondary N) is 3. The molecular weight excluding hydrogens is 482 g/mol. The summed E-state index contributed by atoms with van der Waals surface area (Å²) < 4.78 is 37.9. The second-order valence-corrected chi connectivity index (χ2v) is 9.25. The van der Waals surface area contributed by atoms with Crippen LogP contribution in [0.15, 0.2) is 54.6 Å². The van der Waals surface area contributed by atoms with Crippen molar-refractivity contribution in [1.29, 1.82) is 0 Å². The van der Waals surface area contributed by atoms with Gasteiger partial charge in [0.2, 0.25) is 11.8 Å². The van der Waals surface area contributed by atoms with Crippen molar-refractivity contribution >= 4 is 28.0 Å². The van der Waals surface area contributed by atoms with E-state index in [4.69, 9.17) is 4.74 Å². The molecule has 0 aliphatic carbocycles. The first kappa shape index (κ1) is 27.6. The average Bonchev–Trinajstić information content (AvgIpc) is 2.81. The third-order valence-corrected chi connectivity index (χ3v) is 5.97. The minimum atomic E-state index is -5.16. The van der Waals surface area contributed by atoms with E-state index in [2.05, 4.69) is 10.6 Å². The first-order valence-electron chi connectivity index (χ1n) is 10.4. The van der Waals surface area contributed by atoms with Crippen molar-refractivity contribution in [3.05, 3.63) is 65.7 Å². The van der Waals surface area contributed by atoms with Crippen LogP contribution in [-0.4, -0.2) is 58.7 Å². The number of carbonyl (C=O) groups is 3. The Bertz CT molecular complexity index is 1120. The molecule has 13 heteroatoms. The maximum atomic E-state index is 12.4. The summed E-state index contributed by atoms with van der Waals surface area (Å²) in [5, 5.41) is 23.0. The SMILES string of the molecule is C[C@H](NC(=O)CNC(=O)OCc1ccccc1)C(=O)NC(O)(CCc1ccc(O)cc1)S(=O)(=O)O. The molecule has 0 radical (unpaired) electrons. The van der Waals surface area contributed by atoms with Gasteiger partial charge < -0.3 is 30.9 Å². The normalized spacial score (nSPS) is 13.7. The molecule has 3 amide bonds. The number of aromatic hydroxyl groups is 1. The van der Waals surface area contributed by atoms with E-state index in [9.17, 15) is 37.6 Å². The standard InChI is InChI=1S/C22H27N3O9S/c1-15(24-19(27)13-23-21(29)34-14-17-5-3-2-4-6-17)20(28)25-22(30,35(31,32)33)12-11-16-7-9-18(26)10-8-16/h2-10,15,26,30H,11-14H2,1H3,(H,23,29)(H,24,27)(H,25,28)(H,31,32,33)/t15-,22?/m0/s1. The van der Waals surface area contributed by atoms with Crippen molar-refractivity contribution in [2.75, 3.05) is 6.54 Å². The molecule has 2 aromatic carbocycles. The lowest BCUT2D eigenvalue weighted by atomic mass is 10.1. The van der Waals surface area contributed by atoms with Gasteiger partial charge in [0.05, 0.1) is 0 Å². The molecule has 2 atom stereocenters. The smallest absolute Gasteiger partial charge is 0.407 e. The summed E-state index contributed by atoms with van der Waals surface area (Å²) in [4.78, 5) is 36.1. The largest absolute Gasteiger partial charge is 0.508 e. The van der Waals surface area contributed by atoms with Crippen LogP contribution in [0.25, 0.3) is 0 Å². The fourth-order valence-corrected chi connectivity index (χ4v) is 3.41. The number of rotatable bonds is 11. The first-order valence-corrected chi connectivity index (χ1v) is 11.9. The van der Waals surface area contributed by atoms with Gasteiger partial charge in [-0.2, -0.15) is 8.42 Å². The van der Waals surface area contributed by atoms with Gasteiger partial charge in [0.25, 0.3) is 5.06 Å². The summed E-state index contributed by atoms with van der Waals surface area (Å²) in [6, 6.07) is 13.2. The minimum absolute atomic E-state index is 0.00847. The van der Waals surface area contributed by atoms with Crippen LogP contribution in [0, 0.1) is 0 Å². The molecule has 0 aliphatic rings. The van der Waals surface area contributed by atoms with Crippen molar-refractivity contribution < 1.29 is 42.3 Å². The third-order valence-electron chi connectivity index (χ3n) is 4.81. The van der Waals surface area contributed by atoms with E-state index >= 15 is 0 Å². The lowest BCUT2D eigenvalue weighted by molar-refractivity contribution is -0.131. The van der Waals surface area contributed by atoms with Crippen molar-refractivity contribution in [3.8, 4) is 5.75 Å². The predicted octanol–water partition coefficient (Wildman–Crippen LogP) is 0.406. The summed E-state index contributed by atoms with van der Waals surface area (Å²) in [7, 11) is -5.16. The van der Waals surface area contributed by atoms with Crippen LogP contribution < -0.4 is 16.0 Å². The molecule has 0 saturated carbocycles. The molecule has 2 aromatic rings. The molecule has 12 nitrogen and oxygen atoms in total. The molecule has 0 heterocycles. The van der Waals surface area contributed by atoms with Crippen LogP contribution in [0.2, 0.25) is 0 Å². The number of aliphatic hydroxyl groups is 1. The highest BCUT2D eigenvalue weighted by atomic mass is 32.2. The quantitative estimate of drug-likeness (QED) is 0.184. The van der Waals surface area contributed by atoms with Gasteiger partial charge in [-0.05, 0) is 36.6 Å². The Balaban J connectivity index is 1.85. The summed E-state index contributed by atoms with van der Waals surface area (Å²) in [6.07, 6.45) is -1.55. The van der Waals surface area contributed by atoms with Crippen LogP contribution in [0.1, 0.15) is 24.5 Å². The Labute approximate surface area is 202 Å². The van der Waals surface area contributed by atoms with Gasteiger partial charge in [-0.3, -0.25) is 14.1 Å². The molecule has 0 aromatic heterocycles. The average molecular weight is 510 g/mol. The second kappa shape index (κ2) is 12.1. The molecule has 6 N–H and O–H groups in total. The maximum Gasteiger partial charge on any atom is 0.407 e. The number of ether oxygens (including phenoxy) is 1. The lowest BCUT2D eigenvalue weighted by Gasteiger charge is -2.27. The third kappa shape index (κ3) is 8.88. The Morgan fingerprint density at radius 3 is 2.26 bits per heavy atom. The number of phenolic OH excluding ortho intramolecular Hbond substituents is 1. The Morgan fingerprint density at radius 2 is 1.66 bits per heavy atom. The molecule has 0 bridgehead atoms. The zero-order chi connectivity index (χ0) is 26.1. The topological polar surface area (TPSA) is 191 Å². The zero-order valence-electron chi connectivity index (χ0n) is 18.8. The van der Waals surface area contributed by atoms with E-state index in [0.717, 1.165) is 5.56 Å². The van der Waals surface area contributed by atoms with Gasteiger partial charge in [0, 0.05) is 6.42 Å². The molecule has 1 unspecified atom stereocenters. The Kier molecular flexibility index (Phi) is 9.57. The number of phenols is 1. The molecule has 35 heavy (non-hydrogen) atoms. The summed E-state index contributed by atoms with van der Waals surface area (Å²) in [5.74, 6) is -1.91. The van der Waals surface area contributed by atoms with E-state index in [1.807, 2.05) is 5.32 Å². The van der Waals surface area contributed by atoms with Crippen LogP contribution in [0.5, 0.6) is 5.75 Å². The fraction of sp³-hybridized carbons (Fsp3) is 0.318. The molecule has 0 fully saturated rings. The first-order chi connectivity index (χ1) is 16.4. The monoisotopic (exact) mass is 509 g/mol. The number of aryl methyl sites for hydroxylation is 1. The van der Waals surface area contributed by atoms with Gasteiger partial charge in [-0.25, -0.2) is 4.79 Å². The van der Waals surface area contributed by atoms with Crippen LogP contribution in [-0.2, 0) is 37.5 Å². The second-order valence-electron chi connectivity index (χ2n) is 7.62. The van der Waals surface area contributed by atoms with Crippen molar-refractivity contribution in [2.24, 2.45) is 0 Å². The Morgan fingerprint density at radius 1 is 1.03 bits per heavy atom. The lowest BCUT2D eigenvalue weighted by Crippen LogP contribution is -2.59. The maximum absolute atomic E-state index is 12.4. The summed E-state index contributed by atoms with van der Waals surface area (Å²) in [5.41, 5.74) is 1.26. The fourth-order valence-electron chi connectivity index (χ4n) is 2.82. The predicted molar refractivity (Wildman–Crippen MR) is 123 cm³/mol. The van der Waals surface area contributed by atoms with Crippen molar-refractivity contribution in [3.63, 3.8) is 0 Å². The van der Waals surface area contributed by atoms with Crippen LogP contribution in [0.3, 0.4) is 0 Å². The van der Waals surface area contributed by atoms with Gasteiger partial charge >= 0.3 is 16.2 Å². The number of hydrogen-bond donors (Lipinski definition) is 6. The van der Waals surface area contributed by atoms with E-state index in [1.54, 1.807) is 30.3 Å². The molecule has 0 aliphatic heterocycles. The van der Waals surface area contributed by atoms with Gasteiger partial charge in [0.15, 0.2) is 0 Å². The van der Waals surface area contributed by atoms with E-state index in [0.29, 0.717) is 5.56 Å². The highest BCUT2D eigenvalue weighted by molar-refractivity contribution is 7.87. The van der Waals surface area contributed by atoms with E-state index in [-0.39, 0.29) is 18.8 Å². The van der Waals surface area contributed by atoms with Gasteiger partial charge in [-0.1, -0.05) is 42.5 Å². The molecule has 190 valence electrons. The molecule has 0 spiro atoms. The van der Waals surface area contributed by atoms with Crippen molar-refractivity contribution in [2.45, 2.75) is 37.5 Å². The molecular formula is C22H27N3O9S. The van der Waals surface area contributed by atoms with Crippen molar-refractivity contribution in [1.82, 2.24) is 16.0 Å². The number of amides is 3. The highest BCUT2D eigenvalue weighted by Crippen LogP contribution is 2.19. The van der Waals surface area contributed by atoms with E-state index in [1.165, 1.54) is 31.2 Å². The van der Waals surface area contributed by atoms with Gasteiger partial charge in [0.1, 0.15) is 24.9 Å². The number of alkyl carbamates (subject to hydrolysis) is 1. The van der Waals surface area contributed by atoms with Crippen LogP contribution in [0.4, 0.5) is 4.79 Å². The summed E-state index contributed by atoms with van der Waals surface area (Å²) in [6.45, 7) is 0.672. The number of benzene rings is 2. The zero-order valence-corrected chi connectivity index (χ0v) is 19.6. The minimum Gasteiger partial charge on any atom is -0.508 e. The molecule has 0 saturated heterocycles. The molecule has 2 rings (SSSR count). The van der Waals surface area contributed by atoms with E-state index < -0.39 is 52.1 Å². The highest BCUT2D eigenvalue weighted by Gasteiger charge is 2.43. The summed E-state index contributed by atoms with van der Waals surface area (Å²) >= 11 is 0.